The van der Waals surface area contributed by atoms with E-state index >= 15 is 0 Å². The normalized spacial score (nSPS) is 10.4. The molecule has 0 spiro atoms. The third kappa shape index (κ3) is 2.54. The first-order valence-corrected chi connectivity index (χ1v) is 6.82. The fourth-order valence-electron chi connectivity index (χ4n) is 2.16. The standard InChI is InChI=1S/C16H19NS/c1-3-13-9-5-7-11-15(13)17(18)16-12-8-6-10-14(16)4-2/h5-12,18H,3-4H2,1-2H3. The molecule has 0 atom stereocenters. The Hall–Kier alpha value is -1.41. The van der Waals surface area contributed by atoms with Crippen molar-refractivity contribution in [3.63, 3.8) is 0 Å². The molecule has 0 aliphatic carbocycles. The molecule has 0 N–H and O–H groups in total. The molecule has 2 heteroatoms. The lowest BCUT2D eigenvalue weighted by molar-refractivity contribution is 1.11. The number of thiol groups is 1. The minimum Gasteiger partial charge on any atom is -0.287 e. The van der Waals surface area contributed by atoms with Crippen molar-refractivity contribution in [2.75, 3.05) is 4.31 Å². The van der Waals surface area contributed by atoms with Crippen LogP contribution < -0.4 is 4.31 Å². The lowest BCUT2D eigenvalue weighted by Gasteiger charge is -2.23. The summed E-state index contributed by atoms with van der Waals surface area (Å²) in [5, 5.41) is 0. The molecule has 0 radical (unpaired) electrons. The van der Waals surface area contributed by atoms with Gasteiger partial charge >= 0.3 is 0 Å². The maximum atomic E-state index is 4.69. The monoisotopic (exact) mass is 257 g/mol. The Bertz CT molecular complexity index is 475. The van der Waals surface area contributed by atoms with E-state index in [0.29, 0.717) is 0 Å². The Kier molecular flexibility index (Phi) is 4.32. The molecule has 0 saturated heterocycles. The molecule has 0 aliphatic heterocycles. The summed E-state index contributed by atoms with van der Waals surface area (Å²) in [5.74, 6) is 0. The van der Waals surface area contributed by atoms with Crippen LogP contribution in [0.5, 0.6) is 0 Å². The largest absolute Gasteiger partial charge is 0.287 e. The molecule has 0 saturated carbocycles. The van der Waals surface area contributed by atoms with Crippen molar-refractivity contribution >= 4 is 24.2 Å². The highest BCUT2D eigenvalue weighted by molar-refractivity contribution is 7.82. The lowest BCUT2D eigenvalue weighted by Crippen LogP contribution is -2.07. The Morgan fingerprint density at radius 3 is 1.56 bits per heavy atom. The second-order valence-electron chi connectivity index (χ2n) is 4.28. The van der Waals surface area contributed by atoms with Gasteiger partial charge in [0.25, 0.3) is 0 Å². The number of nitrogens with zero attached hydrogens (tertiary/aromatic N) is 1. The zero-order chi connectivity index (χ0) is 13.0. The van der Waals surface area contributed by atoms with Crippen LogP contribution in [-0.2, 0) is 12.8 Å². The van der Waals surface area contributed by atoms with Crippen LogP contribution >= 0.6 is 12.8 Å². The Labute approximate surface area is 115 Å². The number of rotatable bonds is 4. The van der Waals surface area contributed by atoms with Crippen molar-refractivity contribution in [2.24, 2.45) is 0 Å². The van der Waals surface area contributed by atoms with Gasteiger partial charge in [0, 0.05) is 0 Å². The van der Waals surface area contributed by atoms with Gasteiger partial charge in [0.05, 0.1) is 11.4 Å². The molecular weight excluding hydrogens is 238 g/mol. The maximum absolute atomic E-state index is 4.69. The molecule has 0 aromatic heterocycles. The van der Waals surface area contributed by atoms with Crippen LogP contribution in [0.15, 0.2) is 48.5 Å². The van der Waals surface area contributed by atoms with E-state index in [1.54, 1.807) is 0 Å². The zero-order valence-corrected chi connectivity index (χ0v) is 11.8. The SMILES string of the molecule is CCc1ccccc1N(S)c1ccccc1CC. The van der Waals surface area contributed by atoms with Crippen LogP contribution in [-0.4, -0.2) is 0 Å². The van der Waals surface area contributed by atoms with Crippen molar-refractivity contribution in [2.45, 2.75) is 26.7 Å². The van der Waals surface area contributed by atoms with E-state index in [0.717, 1.165) is 12.8 Å². The van der Waals surface area contributed by atoms with Crippen LogP contribution in [0.1, 0.15) is 25.0 Å². The Morgan fingerprint density at radius 1 is 0.778 bits per heavy atom. The smallest absolute Gasteiger partial charge is 0.0554 e. The molecule has 0 heterocycles. The van der Waals surface area contributed by atoms with Crippen molar-refractivity contribution in [3.05, 3.63) is 59.7 Å². The highest BCUT2D eigenvalue weighted by Crippen LogP contribution is 2.33. The van der Waals surface area contributed by atoms with Gasteiger partial charge in [-0.2, -0.15) is 0 Å². The van der Waals surface area contributed by atoms with Crippen LogP contribution in [0.3, 0.4) is 0 Å². The van der Waals surface area contributed by atoms with Crippen molar-refractivity contribution in [1.82, 2.24) is 0 Å². The topological polar surface area (TPSA) is 3.24 Å². The molecule has 0 fully saturated rings. The van der Waals surface area contributed by atoms with E-state index in [9.17, 15) is 0 Å². The van der Waals surface area contributed by atoms with E-state index < -0.39 is 0 Å². The first-order chi connectivity index (χ1) is 8.77. The van der Waals surface area contributed by atoms with Gasteiger partial charge in [0.2, 0.25) is 0 Å². The van der Waals surface area contributed by atoms with Crippen LogP contribution in [0.25, 0.3) is 0 Å². The average molecular weight is 257 g/mol. The molecule has 94 valence electrons. The van der Waals surface area contributed by atoms with Crippen molar-refractivity contribution < 1.29 is 0 Å². The molecule has 2 aromatic rings. The molecular formula is C16H19NS. The molecule has 18 heavy (non-hydrogen) atoms. The molecule has 2 aromatic carbocycles. The van der Waals surface area contributed by atoms with Gasteiger partial charge in [0.15, 0.2) is 0 Å². The summed E-state index contributed by atoms with van der Waals surface area (Å²) in [4.78, 5) is 0. The second kappa shape index (κ2) is 5.96. The van der Waals surface area contributed by atoms with Gasteiger partial charge in [-0.25, -0.2) is 0 Å². The number of benzene rings is 2. The second-order valence-corrected chi connectivity index (χ2v) is 4.68. The van der Waals surface area contributed by atoms with Crippen molar-refractivity contribution in [1.29, 1.82) is 0 Å². The highest BCUT2D eigenvalue weighted by Gasteiger charge is 2.11. The van der Waals surface area contributed by atoms with Gasteiger partial charge < -0.3 is 0 Å². The van der Waals surface area contributed by atoms with Crippen LogP contribution in [0.2, 0.25) is 0 Å². The summed E-state index contributed by atoms with van der Waals surface area (Å²) in [6.07, 6.45) is 2.03. The predicted molar refractivity (Wildman–Crippen MR) is 82.8 cm³/mol. The first-order valence-electron chi connectivity index (χ1n) is 6.42. The molecule has 0 aliphatic rings. The Morgan fingerprint density at radius 2 is 1.17 bits per heavy atom. The third-order valence-corrected chi connectivity index (χ3v) is 3.63. The van der Waals surface area contributed by atoms with E-state index in [4.69, 9.17) is 0 Å². The van der Waals surface area contributed by atoms with Gasteiger partial charge in [-0.1, -0.05) is 63.1 Å². The highest BCUT2D eigenvalue weighted by atomic mass is 32.1. The number of para-hydroxylation sites is 2. The first kappa shape index (κ1) is 13.0. The minimum atomic E-state index is 1.02. The summed E-state index contributed by atoms with van der Waals surface area (Å²) in [5.41, 5.74) is 4.98. The average Bonchev–Trinajstić information content (AvgIpc) is 2.46. The maximum Gasteiger partial charge on any atom is 0.0554 e. The number of anilines is 2. The summed E-state index contributed by atoms with van der Waals surface area (Å²) >= 11 is 4.69. The fraction of sp³-hybridized carbons (Fsp3) is 0.250. The Balaban J connectivity index is 2.44. The number of hydrogen-bond acceptors (Lipinski definition) is 2. The van der Waals surface area contributed by atoms with Crippen LogP contribution in [0.4, 0.5) is 11.4 Å². The van der Waals surface area contributed by atoms with Gasteiger partial charge in [-0.3, -0.25) is 4.31 Å². The summed E-state index contributed by atoms with van der Waals surface area (Å²) in [6, 6.07) is 16.8. The van der Waals surface area contributed by atoms with Gasteiger partial charge in [-0.15, -0.1) is 0 Å². The van der Waals surface area contributed by atoms with E-state index in [1.165, 1.54) is 22.5 Å². The summed E-state index contributed by atoms with van der Waals surface area (Å²) in [7, 11) is 0. The fourth-order valence-corrected chi connectivity index (χ4v) is 2.55. The van der Waals surface area contributed by atoms with Crippen LogP contribution in [0, 0.1) is 0 Å². The zero-order valence-electron chi connectivity index (χ0n) is 10.9. The van der Waals surface area contributed by atoms with Crippen molar-refractivity contribution in [3.8, 4) is 0 Å². The molecule has 2 rings (SSSR count). The van der Waals surface area contributed by atoms with Gasteiger partial charge in [-0.05, 0) is 36.1 Å². The quantitative estimate of drug-likeness (QED) is 0.770. The minimum absolute atomic E-state index is 1.02. The van der Waals surface area contributed by atoms with E-state index in [-0.39, 0.29) is 0 Å². The lowest BCUT2D eigenvalue weighted by atomic mass is 10.1. The summed E-state index contributed by atoms with van der Waals surface area (Å²) in [6.45, 7) is 4.35. The molecule has 0 bridgehead atoms. The number of aryl methyl sites for hydroxylation is 2. The molecule has 1 nitrogen and oxygen atoms in total. The molecule has 0 unspecified atom stereocenters. The summed E-state index contributed by atoms with van der Waals surface area (Å²) < 4.78 is 2.00. The molecule has 0 amide bonds. The van der Waals surface area contributed by atoms with Gasteiger partial charge in [0.1, 0.15) is 0 Å². The predicted octanol–water partition coefficient (Wildman–Crippen LogP) is 4.79. The third-order valence-electron chi connectivity index (χ3n) is 3.20. The van der Waals surface area contributed by atoms with E-state index in [1.807, 2.05) is 4.31 Å². The van der Waals surface area contributed by atoms with E-state index in [2.05, 4.69) is 75.2 Å². The number of hydrogen-bond donors (Lipinski definition) is 1.